The van der Waals surface area contributed by atoms with Crippen molar-refractivity contribution in [1.29, 1.82) is 0 Å². The summed E-state index contributed by atoms with van der Waals surface area (Å²) in [4.78, 5) is 19.0. The van der Waals surface area contributed by atoms with E-state index < -0.39 is 5.97 Å². The van der Waals surface area contributed by atoms with E-state index in [9.17, 15) is 4.79 Å². The van der Waals surface area contributed by atoms with Gasteiger partial charge in [-0.3, -0.25) is 5.26 Å². The normalized spacial score (nSPS) is 10.3. The second-order valence-corrected chi connectivity index (χ2v) is 3.59. The molecule has 0 aliphatic heterocycles. The first-order chi connectivity index (χ1) is 8.70. The smallest absolute Gasteiger partial charge is 0.336 e. The van der Waals surface area contributed by atoms with Crippen molar-refractivity contribution < 1.29 is 24.6 Å². The van der Waals surface area contributed by atoms with E-state index in [1.54, 1.807) is 29.1 Å². The molecule has 0 amide bonds. The molecular formula is C12H11N2O4+. The van der Waals surface area contributed by atoms with Crippen LogP contribution in [0.5, 0.6) is 0 Å². The fourth-order valence-electron chi connectivity index (χ4n) is 1.47. The topological polar surface area (TPSA) is 83.5 Å². The first kappa shape index (κ1) is 12.2. The van der Waals surface area contributed by atoms with Crippen LogP contribution in [0.25, 0.3) is 5.82 Å². The number of carbonyl (C=O) groups is 1. The van der Waals surface area contributed by atoms with Gasteiger partial charge < -0.3 is 5.11 Å². The molecule has 6 heteroatoms. The lowest BCUT2D eigenvalue weighted by Gasteiger charge is -1.99. The average molecular weight is 247 g/mol. The van der Waals surface area contributed by atoms with Gasteiger partial charge in [-0.15, -0.1) is 0 Å². The second-order valence-electron chi connectivity index (χ2n) is 3.59. The van der Waals surface area contributed by atoms with E-state index in [-0.39, 0.29) is 12.2 Å². The van der Waals surface area contributed by atoms with Crippen LogP contribution in [0, 0.1) is 0 Å². The third kappa shape index (κ3) is 2.68. The highest BCUT2D eigenvalue weighted by Crippen LogP contribution is 2.03. The molecule has 2 aromatic heterocycles. The van der Waals surface area contributed by atoms with Crippen LogP contribution in [0.4, 0.5) is 0 Å². The molecule has 2 aromatic rings. The molecule has 0 aliphatic carbocycles. The zero-order valence-corrected chi connectivity index (χ0v) is 9.35. The number of rotatable bonds is 4. The van der Waals surface area contributed by atoms with Gasteiger partial charge in [-0.1, -0.05) is 0 Å². The van der Waals surface area contributed by atoms with Crippen LogP contribution in [0.15, 0.2) is 42.9 Å². The van der Waals surface area contributed by atoms with Crippen LogP contribution in [-0.2, 0) is 11.5 Å². The molecule has 0 spiro atoms. The van der Waals surface area contributed by atoms with Crippen LogP contribution in [0.3, 0.4) is 0 Å². The monoisotopic (exact) mass is 247 g/mol. The summed E-state index contributed by atoms with van der Waals surface area (Å²) >= 11 is 0. The molecule has 0 aromatic carbocycles. The molecule has 0 bridgehead atoms. The van der Waals surface area contributed by atoms with Gasteiger partial charge in [0.2, 0.25) is 0 Å². The lowest BCUT2D eigenvalue weighted by Crippen LogP contribution is -2.31. The first-order valence-electron chi connectivity index (χ1n) is 5.17. The van der Waals surface area contributed by atoms with Crippen molar-refractivity contribution in [2.75, 3.05) is 0 Å². The maximum Gasteiger partial charge on any atom is 0.336 e. The van der Waals surface area contributed by atoms with Crippen LogP contribution in [0.2, 0.25) is 0 Å². The molecule has 2 N–H and O–H groups in total. The molecule has 0 fully saturated rings. The Morgan fingerprint density at radius 3 is 2.67 bits per heavy atom. The zero-order valence-electron chi connectivity index (χ0n) is 9.35. The van der Waals surface area contributed by atoms with Gasteiger partial charge in [-0.2, -0.15) is 0 Å². The first-order valence-corrected chi connectivity index (χ1v) is 5.17. The minimum atomic E-state index is -0.996. The molecule has 2 rings (SSSR count). The Kier molecular flexibility index (Phi) is 3.61. The number of nitrogens with zero attached hydrogens (tertiary/aromatic N) is 2. The van der Waals surface area contributed by atoms with E-state index in [2.05, 4.69) is 9.87 Å². The van der Waals surface area contributed by atoms with Crippen molar-refractivity contribution in [2.24, 2.45) is 0 Å². The number of pyridine rings is 2. The summed E-state index contributed by atoms with van der Waals surface area (Å²) < 4.78 is 1.67. The molecule has 0 radical (unpaired) electrons. The largest absolute Gasteiger partial charge is 0.478 e. The zero-order chi connectivity index (χ0) is 13.0. The lowest BCUT2D eigenvalue weighted by molar-refractivity contribution is -0.599. The Labute approximate surface area is 103 Å². The molecule has 0 atom stereocenters. The van der Waals surface area contributed by atoms with Gasteiger partial charge in [0.15, 0.2) is 0 Å². The molecule has 0 aliphatic rings. The molecule has 0 unspecified atom stereocenters. The minimum Gasteiger partial charge on any atom is -0.478 e. The van der Waals surface area contributed by atoms with E-state index in [1.807, 2.05) is 0 Å². The predicted molar refractivity (Wildman–Crippen MR) is 60.1 cm³/mol. The second kappa shape index (κ2) is 5.35. The molecule has 92 valence electrons. The van der Waals surface area contributed by atoms with Crippen LogP contribution < -0.4 is 4.57 Å². The Morgan fingerprint density at radius 1 is 1.33 bits per heavy atom. The number of carboxylic acids is 1. The summed E-state index contributed by atoms with van der Waals surface area (Å²) in [6, 6.07) is 6.39. The highest BCUT2D eigenvalue weighted by Gasteiger charge is 2.11. The van der Waals surface area contributed by atoms with Gasteiger partial charge in [0.25, 0.3) is 0 Å². The van der Waals surface area contributed by atoms with Gasteiger partial charge >= 0.3 is 11.8 Å². The molecule has 0 saturated carbocycles. The number of aromatic nitrogens is 2. The molecule has 0 saturated heterocycles. The summed E-state index contributed by atoms with van der Waals surface area (Å²) in [6.07, 6.45) is 4.86. The third-order valence-corrected chi connectivity index (χ3v) is 2.39. The van der Waals surface area contributed by atoms with E-state index in [0.717, 1.165) is 5.56 Å². The van der Waals surface area contributed by atoms with Gasteiger partial charge in [-0.05, 0) is 28.7 Å². The summed E-state index contributed by atoms with van der Waals surface area (Å²) in [7, 11) is 0. The summed E-state index contributed by atoms with van der Waals surface area (Å²) in [6.45, 7) is 0.101. The van der Waals surface area contributed by atoms with Crippen molar-refractivity contribution >= 4 is 5.97 Å². The summed E-state index contributed by atoms with van der Waals surface area (Å²) in [5.74, 6) is -0.490. The standard InChI is InChI=1S/C12H10N2O4/c15-12(16)10-1-4-13-11(7-10)14-5-2-9(3-6-14)8-18-17/h1-7H,8H2,(H-,15,16,17)/p+1. The van der Waals surface area contributed by atoms with E-state index >= 15 is 0 Å². The third-order valence-electron chi connectivity index (χ3n) is 2.39. The fourth-order valence-corrected chi connectivity index (χ4v) is 1.47. The predicted octanol–water partition coefficient (Wildman–Crippen LogP) is 1.05. The van der Waals surface area contributed by atoms with Gasteiger partial charge in [0.1, 0.15) is 12.8 Å². The average Bonchev–Trinajstić information content (AvgIpc) is 2.40. The molecule has 18 heavy (non-hydrogen) atoms. The van der Waals surface area contributed by atoms with Crippen molar-refractivity contribution in [3.63, 3.8) is 0 Å². The summed E-state index contributed by atoms with van der Waals surface area (Å²) in [5, 5.41) is 17.2. The lowest BCUT2D eigenvalue weighted by atomic mass is 10.2. The van der Waals surface area contributed by atoms with Gasteiger partial charge in [0.05, 0.1) is 18.0 Å². The minimum absolute atomic E-state index is 0.101. The SMILES string of the molecule is O=C(O)c1ccnc(-[n+]2ccc(COO)cc2)c1. The quantitative estimate of drug-likeness (QED) is 0.479. The Hall–Kier alpha value is -2.31. The number of carboxylic acid groups (broad SMARTS) is 1. The molecule has 2 heterocycles. The number of hydrogen-bond donors (Lipinski definition) is 2. The Bertz CT molecular complexity index is 554. The van der Waals surface area contributed by atoms with Gasteiger partial charge in [0, 0.05) is 6.07 Å². The van der Waals surface area contributed by atoms with Crippen molar-refractivity contribution in [3.8, 4) is 5.82 Å². The number of hydrogen-bond acceptors (Lipinski definition) is 4. The Morgan fingerprint density at radius 2 is 2.06 bits per heavy atom. The fraction of sp³-hybridized carbons (Fsp3) is 0.0833. The van der Waals surface area contributed by atoms with Gasteiger partial charge in [-0.25, -0.2) is 14.2 Å². The van der Waals surface area contributed by atoms with Crippen LogP contribution >= 0.6 is 0 Å². The summed E-state index contributed by atoms with van der Waals surface area (Å²) in [5.41, 5.74) is 0.971. The van der Waals surface area contributed by atoms with Crippen LogP contribution in [0.1, 0.15) is 15.9 Å². The van der Waals surface area contributed by atoms with E-state index in [4.69, 9.17) is 10.4 Å². The van der Waals surface area contributed by atoms with Crippen molar-refractivity contribution in [2.45, 2.75) is 6.61 Å². The molecule has 6 nitrogen and oxygen atoms in total. The van der Waals surface area contributed by atoms with E-state index in [0.29, 0.717) is 5.82 Å². The van der Waals surface area contributed by atoms with Crippen molar-refractivity contribution in [1.82, 2.24) is 4.98 Å². The highest BCUT2D eigenvalue weighted by molar-refractivity contribution is 5.87. The highest BCUT2D eigenvalue weighted by atomic mass is 17.1. The maximum absolute atomic E-state index is 10.8. The van der Waals surface area contributed by atoms with Crippen LogP contribution in [-0.4, -0.2) is 21.3 Å². The van der Waals surface area contributed by atoms with Crippen molar-refractivity contribution in [3.05, 3.63) is 54.0 Å². The Balaban J connectivity index is 2.30. The van der Waals surface area contributed by atoms with E-state index in [1.165, 1.54) is 18.3 Å². The maximum atomic E-state index is 10.8. The molecular weight excluding hydrogens is 236 g/mol. The number of aromatic carboxylic acids is 1.